The van der Waals surface area contributed by atoms with Gasteiger partial charge in [0.15, 0.2) is 5.78 Å². The van der Waals surface area contributed by atoms with Crippen LogP contribution in [-0.4, -0.2) is 11.0 Å². The topological polar surface area (TPSA) is 17.1 Å². The zero-order valence-corrected chi connectivity index (χ0v) is 9.32. The van der Waals surface area contributed by atoms with Gasteiger partial charge in [-0.3, -0.25) is 4.79 Å². The third-order valence-corrected chi connectivity index (χ3v) is 2.76. The van der Waals surface area contributed by atoms with E-state index in [1.54, 1.807) is 12.1 Å². The van der Waals surface area contributed by atoms with E-state index in [-0.39, 0.29) is 11.3 Å². The van der Waals surface area contributed by atoms with Crippen molar-refractivity contribution in [1.29, 1.82) is 0 Å². The molecule has 0 fully saturated rings. The van der Waals surface area contributed by atoms with Gasteiger partial charge in [-0.1, -0.05) is 19.9 Å². The Balaban J connectivity index is 3.14. The highest BCUT2D eigenvalue weighted by Gasteiger charge is 2.13. The van der Waals surface area contributed by atoms with Gasteiger partial charge in [-0.15, -0.1) is 11.8 Å². The summed E-state index contributed by atoms with van der Waals surface area (Å²) in [6.45, 7) is 5.42. The summed E-state index contributed by atoms with van der Waals surface area (Å²) in [5, 5.41) is 0.342. The van der Waals surface area contributed by atoms with Crippen LogP contribution >= 0.6 is 11.8 Å². The summed E-state index contributed by atoms with van der Waals surface area (Å²) in [5.41, 5.74) is 0.214. The Morgan fingerprint density at radius 2 is 2.07 bits per heavy atom. The molecule has 14 heavy (non-hydrogen) atoms. The maximum absolute atomic E-state index is 13.3. The highest BCUT2D eigenvalue weighted by atomic mass is 32.2. The van der Waals surface area contributed by atoms with E-state index < -0.39 is 5.82 Å². The third kappa shape index (κ3) is 2.58. The Kier molecular flexibility index (Phi) is 3.69. The molecule has 1 aromatic carbocycles. The fourth-order valence-corrected chi connectivity index (χ4v) is 2.22. The van der Waals surface area contributed by atoms with Crippen LogP contribution in [0.3, 0.4) is 0 Å². The van der Waals surface area contributed by atoms with Crippen LogP contribution in [0.5, 0.6) is 0 Å². The summed E-state index contributed by atoms with van der Waals surface area (Å²) in [6.07, 6.45) is 0. The zero-order chi connectivity index (χ0) is 10.7. The SMILES string of the molecule is CC(=O)c1c(F)cccc1SC(C)C. The second-order valence-electron chi connectivity index (χ2n) is 3.34. The molecule has 0 aliphatic rings. The summed E-state index contributed by atoms with van der Waals surface area (Å²) in [6, 6.07) is 4.73. The van der Waals surface area contributed by atoms with E-state index in [0.29, 0.717) is 5.25 Å². The zero-order valence-electron chi connectivity index (χ0n) is 8.50. The maximum atomic E-state index is 13.3. The molecule has 76 valence electrons. The molecule has 3 heteroatoms. The van der Waals surface area contributed by atoms with Crippen LogP contribution in [0.1, 0.15) is 31.1 Å². The summed E-state index contributed by atoms with van der Waals surface area (Å²) in [5.74, 6) is -0.644. The van der Waals surface area contributed by atoms with E-state index in [1.165, 1.54) is 24.8 Å². The standard InChI is InChI=1S/C11H13FOS/c1-7(2)14-10-6-4-5-9(12)11(10)8(3)13/h4-7H,1-3H3. The number of halogens is 1. The Labute approximate surface area is 87.7 Å². The number of thioether (sulfide) groups is 1. The van der Waals surface area contributed by atoms with Gasteiger partial charge in [0.2, 0.25) is 0 Å². The second kappa shape index (κ2) is 4.60. The van der Waals surface area contributed by atoms with Gasteiger partial charge in [-0.25, -0.2) is 4.39 Å². The molecule has 0 bridgehead atoms. The van der Waals surface area contributed by atoms with Gasteiger partial charge in [-0.05, 0) is 19.1 Å². The fraction of sp³-hybridized carbons (Fsp3) is 0.364. The number of hydrogen-bond acceptors (Lipinski definition) is 2. The lowest BCUT2D eigenvalue weighted by molar-refractivity contribution is 0.101. The largest absolute Gasteiger partial charge is 0.294 e. The average molecular weight is 212 g/mol. The van der Waals surface area contributed by atoms with Gasteiger partial charge in [-0.2, -0.15) is 0 Å². The highest BCUT2D eigenvalue weighted by molar-refractivity contribution is 8.00. The van der Waals surface area contributed by atoms with Gasteiger partial charge in [0.1, 0.15) is 5.82 Å². The molecule has 0 N–H and O–H groups in total. The number of ketones is 1. The fourth-order valence-electron chi connectivity index (χ4n) is 1.20. The molecule has 0 spiro atoms. The van der Waals surface area contributed by atoms with Crippen LogP contribution in [0.4, 0.5) is 4.39 Å². The highest BCUT2D eigenvalue weighted by Crippen LogP contribution is 2.28. The van der Waals surface area contributed by atoms with E-state index in [2.05, 4.69) is 0 Å². The van der Waals surface area contributed by atoms with Crippen molar-refractivity contribution in [3.8, 4) is 0 Å². The number of benzene rings is 1. The first-order chi connectivity index (χ1) is 6.52. The van der Waals surface area contributed by atoms with Gasteiger partial charge in [0.05, 0.1) is 5.56 Å². The lowest BCUT2D eigenvalue weighted by Gasteiger charge is -2.09. The number of carbonyl (C=O) groups is 1. The van der Waals surface area contributed by atoms with E-state index in [0.717, 1.165) is 4.90 Å². The predicted octanol–water partition coefficient (Wildman–Crippen LogP) is 3.53. The van der Waals surface area contributed by atoms with Crippen LogP contribution < -0.4 is 0 Å². The smallest absolute Gasteiger partial charge is 0.163 e. The van der Waals surface area contributed by atoms with Gasteiger partial charge >= 0.3 is 0 Å². The van der Waals surface area contributed by atoms with Crippen molar-refractivity contribution in [2.45, 2.75) is 30.9 Å². The maximum Gasteiger partial charge on any atom is 0.163 e. The van der Waals surface area contributed by atoms with Gasteiger partial charge in [0, 0.05) is 10.1 Å². The Hall–Kier alpha value is -0.830. The molecule has 0 aliphatic carbocycles. The second-order valence-corrected chi connectivity index (χ2v) is 4.95. The quantitative estimate of drug-likeness (QED) is 0.563. The van der Waals surface area contributed by atoms with Crippen LogP contribution in [0.25, 0.3) is 0 Å². The van der Waals surface area contributed by atoms with Crippen molar-refractivity contribution in [3.05, 3.63) is 29.6 Å². The van der Waals surface area contributed by atoms with E-state index in [4.69, 9.17) is 0 Å². The van der Waals surface area contributed by atoms with Crippen molar-refractivity contribution >= 4 is 17.5 Å². The lowest BCUT2D eigenvalue weighted by Crippen LogP contribution is -2.01. The summed E-state index contributed by atoms with van der Waals surface area (Å²) < 4.78 is 13.3. The Morgan fingerprint density at radius 3 is 2.57 bits per heavy atom. The number of hydrogen-bond donors (Lipinski definition) is 0. The van der Waals surface area contributed by atoms with Crippen molar-refractivity contribution in [2.24, 2.45) is 0 Å². The minimum absolute atomic E-state index is 0.214. The monoisotopic (exact) mass is 212 g/mol. The van der Waals surface area contributed by atoms with E-state index in [1.807, 2.05) is 13.8 Å². The van der Waals surface area contributed by atoms with Crippen molar-refractivity contribution < 1.29 is 9.18 Å². The summed E-state index contributed by atoms with van der Waals surface area (Å²) in [7, 11) is 0. The molecule has 0 radical (unpaired) electrons. The molecule has 0 saturated carbocycles. The molecule has 0 amide bonds. The van der Waals surface area contributed by atoms with Gasteiger partial charge < -0.3 is 0 Å². The molecule has 0 atom stereocenters. The minimum atomic E-state index is -0.428. The molecule has 1 rings (SSSR count). The number of Topliss-reactive ketones (excluding diaryl/α,β-unsaturated/α-hetero) is 1. The van der Waals surface area contributed by atoms with Crippen LogP contribution in [0.15, 0.2) is 23.1 Å². The molecule has 0 aliphatic heterocycles. The van der Waals surface area contributed by atoms with Crippen LogP contribution in [0, 0.1) is 5.82 Å². The Morgan fingerprint density at radius 1 is 1.43 bits per heavy atom. The minimum Gasteiger partial charge on any atom is -0.294 e. The molecule has 0 aromatic heterocycles. The van der Waals surface area contributed by atoms with Crippen LogP contribution in [-0.2, 0) is 0 Å². The summed E-state index contributed by atoms with van der Waals surface area (Å²) in [4.78, 5) is 11.9. The molecule has 0 saturated heterocycles. The third-order valence-electron chi connectivity index (χ3n) is 1.69. The van der Waals surface area contributed by atoms with Crippen molar-refractivity contribution in [2.75, 3.05) is 0 Å². The molecule has 1 nitrogen and oxygen atoms in total. The molecular weight excluding hydrogens is 199 g/mol. The van der Waals surface area contributed by atoms with E-state index >= 15 is 0 Å². The summed E-state index contributed by atoms with van der Waals surface area (Å²) >= 11 is 1.51. The van der Waals surface area contributed by atoms with Crippen molar-refractivity contribution in [1.82, 2.24) is 0 Å². The molecular formula is C11H13FOS. The van der Waals surface area contributed by atoms with Crippen molar-refractivity contribution in [3.63, 3.8) is 0 Å². The normalized spacial score (nSPS) is 10.6. The first kappa shape index (κ1) is 11.2. The average Bonchev–Trinajstić information content (AvgIpc) is 2.01. The number of carbonyl (C=O) groups excluding carboxylic acids is 1. The number of rotatable bonds is 3. The Bertz CT molecular complexity index is 347. The molecule has 1 aromatic rings. The first-order valence-electron chi connectivity index (χ1n) is 4.48. The molecule has 0 unspecified atom stereocenters. The predicted molar refractivity (Wildman–Crippen MR) is 57.4 cm³/mol. The van der Waals surface area contributed by atoms with Crippen LogP contribution in [0.2, 0.25) is 0 Å². The first-order valence-corrected chi connectivity index (χ1v) is 5.36. The van der Waals surface area contributed by atoms with Gasteiger partial charge in [0.25, 0.3) is 0 Å². The molecule has 0 heterocycles. The van der Waals surface area contributed by atoms with E-state index in [9.17, 15) is 9.18 Å². The lowest BCUT2D eigenvalue weighted by atomic mass is 10.1.